The molecule has 1 aliphatic heterocycles. The highest BCUT2D eigenvalue weighted by molar-refractivity contribution is 8.00. The topological polar surface area (TPSA) is 17.0 Å². The maximum atomic E-state index is 3.93. The molecule has 0 saturated carbocycles. The van der Waals surface area contributed by atoms with E-state index in [2.05, 4.69) is 131 Å². The van der Waals surface area contributed by atoms with Gasteiger partial charge in [0.15, 0.2) is 0 Å². The zero-order valence-corrected chi connectivity index (χ0v) is 22.5. The fraction of sp³-hybridized carbons (Fsp3) is 0.0286. The molecule has 0 amide bonds. The first-order valence-corrected chi connectivity index (χ1v) is 14.9. The molecule has 6 aromatic carbocycles. The van der Waals surface area contributed by atoms with Crippen LogP contribution in [-0.4, -0.2) is 4.57 Å². The van der Waals surface area contributed by atoms with Crippen LogP contribution in [0.15, 0.2) is 126 Å². The fourth-order valence-corrected chi connectivity index (χ4v) is 8.87. The van der Waals surface area contributed by atoms with Crippen LogP contribution < -0.4 is 5.32 Å². The van der Waals surface area contributed by atoms with E-state index in [0.29, 0.717) is 0 Å². The maximum Gasteiger partial charge on any atom is 0.103 e. The largest absolute Gasteiger partial charge is 0.368 e. The monoisotopic (exact) mass is 534 g/mol. The van der Waals surface area contributed by atoms with Crippen LogP contribution in [0.1, 0.15) is 10.9 Å². The zero-order chi connectivity index (χ0) is 25.5. The summed E-state index contributed by atoms with van der Waals surface area (Å²) in [5.41, 5.74) is 6.27. The number of rotatable bonds is 2. The summed E-state index contributed by atoms with van der Waals surface area (Å²) in [6.45, 7) is 0. The van der Waals surface area contributed by atoms with E-state index in [9.17, 15) is 0 Å². The lowest BCUT2D eigenvalue weighted by molar-refractivity contribution is 1.15. The first-order valence-electron chi connectivity index (χ1n) is 13.2. The number of hydrogen-bond donors (Lipinski definition) is 1. The summed E-state index contributed by atoms with van der Waals surface area (Å²) in [5.74, 6) is 0. The Morgan fingerprint density at radius 2 is 1.36 bits per heavy atom. The summed E-state index contributed by atoms with van der Waals surface area (Å²) >= 11 is 3.85. The lowest BCUT2D eigenvalue weighted by atomic mass is 9.99. The Bertz CT molecular complexity index is 2240. The Morgan fingerprint density at radius 3 is 2.26 bits per heavy atom. The van der Waals surface area contributed by atoms with Crippen molar-refractivity contribution in [2.45, 2.75) is 10.3 Å². The second-order valence-electron chi connectivity index (χ2n) is 10.2. The SMILES string of the molecule is c1ccc(-n2c3ccccc3c3c(C4Nc5ccc6sc7ccccc7c6c5S4)cc4ccccc4c32)cc1. The van der Waals surface area contributed by atoms with Gasteiger partial charge in [0.1, 0.15) is 5.37 Å². The zero-order valence-electron chi connectivity index (χ0n) is 20.9. The molecule has 4 heteroatoms. The Balaban J connectivity index is 1.35. The molecule has 1 atom stereocenters. The molecule has 1 unspecified atom stereocenters. The quantitative estimate of drug-likeness (QED) is 0.238. The standard InChI is InChI=1S/C35H22N2S2/c1-2-11-22(12-3-1)37-28-16-8-6-14-24(28)31-26(20-21-10-4-5-13-23(21)33(31)37)35-36-27-18-19-30-32(34(27)39-35)25-15-7-9-17-29(25)38-30/h1-20,35-36H. The summed E-state index contributed by atoms with van der Waals surface area (Å²) < 4.78 is 5.16. The lowest BCUT2D eigenvalue weighted by Crippen LogP contribution is -2.02. The molecule has 2 nitrogen and oxygen atoms in total. The summed E-state index contributed by atoms with van der Waals surface area (Å²) in [4.78, 5) is 1.36. The molecule has 0 bridgehead atoms. The minimum absolute atomic E-state index is 0.117. The van der Waals surface area contributed by atoms with Crippen LogP contribution in [-0.2, 0) is 0 Å². The average Bonchev–Trinajstić information content (AvgIpc) is 3.69. The molecule has 1 N–H and O–H groups in total. The minimum Gasteiger partial charge on any atom is -0.368 e. The smallest absolute Gasteiger partial charge is 0.103 e. The lowest BCUT2D eigenvalue weighted by Gasteiger charge is -2.16. The second kappa shape index (κ2) is 8.12. The number of benzene rings is 6. The van der Waals surface area contributed by atoms with Gasteiger partial charge in [0.05, 0.1) is 11.0 Å². The van der Waals surface area contributed by atoms with Gasteiger partial charge in [-0.25, -0.2) is 0 Å². The van der Waals surface area contributed by atoms with Crippen LogP contribution in [0.25, 0.3) is 58.4 Å². The number of anilines is 1. The number of nitrogens with zero attached hydrogens (tertiary/aromatic N) is 1. The molecule has 3 heterocycles. The molecule has 0 spiro atoms. The Morgan fingerprint density at radius 1 is 0.615 bits per heavy atom. The van der Waals surface area contributed by atoms with Gasteiger partial charge in [-0.05, 0) is 53.4 Å². The van der Waals surface area contributed by atoms with Crippen molar-refractivity contribution in [3.05, 3.63) is 127 Å². The van der Waals surface area contributed by atoms with Crippen LogP contribution in [0, 0.1) is 0 Å². The van der Waals surface area contributed by atoms with Gasteiger partial charge in [-0.3, -0.25) is 0 Å². The van der Waals surface area contributed by atoms with E-state index in [1.807, 2.05) is 23.1 Å². The molecule has 9 rings (SSSR count). The van der Waals surface area contributed by atoms with E-state index in [1.54, 1.807) is 0 Å². The molecule has 8 aromatic rings. The van der Waals surface area contributed by atoms with Crippen molar-refractivity contribution in [3.63, 3.8) is 0 Å². The number of fused-ring (bicyclic) bond motifs is 10. The van der Waals surface area contributed by atoms with Crippen molar-refractivity contribution in [1.82, 2.24) is 4.57 Å². The van der Waals surface area contributed by atoms with Crippen LogP contribution in [0.2, 0.25) is 0 Å². The van der Waals surface area contributed by atoms with Crippen molar-refractivity contribution >= 4 is 81.5 Å². The van der Waals surface area contributed by atoms with Gasteiger partial charge in [0.25, 0.3) is 0 Å². The first kappa shape index (κ1) is 21.7. The second-order valence-corrected chi connectivity index (χ2v) is 12.4. The van der Waals surface area contributed by atoms with Crippen molar-refractivity contribution in [2.24, 2.45) is 0 Å². The molecular formula is C35H22N2S2. The van der Waals surface area contributed by atoms with Crippen molar-refractivity contribution in [1.29, 1.82) is 0 Å². The van der Waals surface area contributed by atoms with E-state index in [4.69, 9.17) is 0 Å². The van der Waals surface area contributed by atoms with E-state index in [1.165, 1.54) is 74.6 Å². The van der Waals surface area contributed by atoms with Crippen molar-refractivity contribution in [2.75, 3.05) is 5.32 Å². The van der Waals surface area contributed by atoms with Crippen LogP contribution in [0.5, 0.6) is 0 Å². The molecule has 39 heavy (non-hydrogen) atoms. The first-order chi connectivity index (χ1) is 19.3. The highest BCUT2D eigenvalue weighted by Crippen LogP contribution is 2.54. The third kappa shape index (κ3) is 3.04. The number of thioether (sulfide) groups is 1. The highest BCUT2D eigenvalue weighted by Gasteiger charge is 2.30. The molecule has 0 radical (unpaired) electrons. The van der Waals surface area contributed by atoms with Gasteiger partial charge < -0.3 is 9.88 Å². The minimum atomic E-state index is 0.117. The van der Waals surface area contributed by atoms with Crippen LogP contribution in [0.4, 0.5) is 5.69 Å². The number of hydrogen-bond acceptors (Lipinski definition) is 3. The number of thiophene rings is 1. The number of nitrogens with one attached hydrogen (secondary N) is 1. The molecule has 0 aliphatic carbocycles. The van der Waals surface area contributed by atoms with E-state index < -0.39 is 0 Å². The predicted octanol–water partition coefficient (Wildman–Crippen LogP) is 10.5. The normalized spacial score (nSPS) is 15.0. The molecule has 0 saturated heterocycles. The fourth-order valence-electron chi connectivity index (χ4n) is 6.37. The van der Waals surface area contributed by atoms with E-state index >= 15 is 0 Å². The molecule has 2 aromatic heterocycles. The maximum absolute atomic E-state index is 3.93. The molecule has 0 fully saturated rings. The molecular weight excluding hydrogens is 513 g/mol. The molecule has 1 aliphatic rings. The summed E-state index contributed by atoms with van der Waals surface area (Å²) in [6, 6.07) is 44.2. The molecule has 184 valence electrons. The van der Waals surface area contributed by atoms with Crippen molar-refractivity contribution in [3.8, 4) is 5.69 Å². The summed E-state index contributed by atoms with van der Waals surface area (Å²) in [7, 11) is 0. The van der Waals surface area contributed by atoms with Gasteiger partial charge in [0.2, 0.25) is 0 Å². The highest BCUT2D eigenvalue weighted by atomic mass is 32.2. The van der Waals surface area contributed by atoms with Gasteiger partial charge >= 0.3 is 0 Å². The van der Waals surface area contributed by atoms with Gasteiger partial charge in [-0.1, -0.05) is 90.6 Å². The predicted molar refractivity (Wildman–Crippen MR) is 170 cm³/mol. The van der Waals surface area contributed by atoms with E-state index in [-0.39, 0.29) is 5.37 Å². The van der Waals surface area contributed by atoms with Gasteiger partial charge in [-0.15, -0.1) is 11.3 Å². The Labute approximate surface area is 233 Å². The van der Waals surface area contributed by atoms with Crippen LogP contribution >= 0.6 is 23.1 Å². The Hall–Kier alpha value is -4.25. The van der Waals surface area contributed by atoms with Gasteiger partial charge in [0, 0.05) is 52.6 Å². The Kier molecular flexibility index (Phi) is 4.51. The third-order valence-electron chi connectivity index (χ3n) is 8.01. The summed E-state index contributed by atoms with van der Waals surface area (Å²) in [5, 5.41) is 12.0. The summed E-state index contributed by atoms with van der Waals surface area (Å²) in [6.07, 6.45) is 0. The van der Waals surface area contributed by atoms with E-state index in [0.717, 1.165) is 0 Å². The number of para-hydroxylation sites is 2. The van der Waals surface area contributed by atoms with Crippen molar-refractivity contribution < 1.29 is 0 Å². The average molecular weight is 535 g/mol. The van der Waals surface area contributed by atoms with Gasteiger partial charge in [-0.2, -0.15) is 0 Å². The third-order valence-corrected chi connectivity index (χ3v) is 10.4. The number of aromatic nitrogens is 1. The van der Waals surface area contributed by atoms with Crippen LogP contribution in [0.3, 0.4) is 0 Å².